The fraction of sp³-hybridized carbons (Fsp3) is 0.231. The first-order valence-corrected chi connectivity index (χ1v) is 6.43. The van der Waals surface area contributed by atoms with Crippen molar-refractivity contribution in [3.8, 4) is 11.3 Å². The van der Waals surface area contributed by atoms with E-state index in [1.807, 2.05) is 17.4 Å². The number of aliphatic hydroxyl groups excluding tert-OH is 1. The molecule has 0 aliphatic carbocycles. The van der Waals surface area contributed by atoms with Crippen LogP contribution < -0.4 is 5.32 Å². The average molecular weight is 287 g/mol. The summed E-state index contributed by atoms with van der Waals surface area (Å²) >= 11 is 12.0. The normalized spacial score (nSPS) is 10.8. The SMILES string of the molecule is OCC[NH2+]Cc1ccc(-c2cc(Cl)ccc2Cl)o1. The van der Waals surface area contributed by atoms with Crippen molar-refractivity contribution in [3.63, 3.8) is 0 Å². The predicted molar refractivity (Wildman–Crippen MR) is 71.7 cm³/mol. The van der Waals surface area contributed by atoms with Crippen LogP contribution in [0.2, 0.25) is 10.0 Å². The Hall–Kier alpha value is -1.00. The zero-order valence-electron chi connectivity index (χ0n) is 9.70. The van der Waals surface area contributed by atoms with E-state index in [4.69, 9.17) is 32.7 Å². The van der Waals surface area contributed by atoms with Crippen LogP contribution in [0.25, 0.3) is 11.3 Å². The van der Waals surface area contributed by atoms with Gasteiger partial charge in [0.2, 0.25) is 0 Å². The monoisotopic (exact) mass is 286 g/mol. The van der Waals surface area contributed by atoms with Crippen LogP contribution in [0.4, 0.5) is 0 Å². The van der Waals surface area contributed by atoms with Crippen molar-refractivity contribution < 1.29 is 14.8 Å². The minimum Gasteiger partial charge on any atom is -0.455 e. The molecule has 0 aliphatic rings. The number of halogens is 2. The van der Waals surface area contributed by atoms with Gasteiger partial charge in [-0.25, -0.2) is 0 Å². The quantitative estimate of drug-likeness (QED) is 0.829. The first-order chi connectivity index (χ1) is 8.70. The highest BCUT2D eigenvalue weighted by molar-refractivity contribution is 6.35. The number of nitrogens with two attached hydrogens (primary N) is 1. The third-order valence-electron chi connectivity index (χ3n) is 2.53. The Kier molecular flexibility index (Phi) is 4.66. The molecule has 0 aliphatic heterocycles. The van der Waals surface area contributed by atoms with Gasteiger partial charge in [0.05, 0.1) is 18.2 Å². The Morgan fingerprint density at radius 2 is 2.00 bits per heavy atom. The molecule has 96 valence electrons. The van der Waals surface area contributed by atoms with E-state index in [1.165, 1.54) is 0 Å². The maximum absolute atomic E-state index is 8.70. The van der Waals surface area contributed by atoms with Crippen molar-refractivity contribution in [2.24, 2.45) is 0 Å². The summed E-state index contributed by atoms with van der Waals surface area (Å²) in [5.41, 5.74) is 0.789. The maximum atomic E-state index is 8.70. The minimum atomic E-state index is 0.160. The maximum Gasteiger partial charge on any atom is 0.158 e. The summed E-state index contributed by atoms with van der Waals surface area (Å²) in [6.07, 6.45) is 0. The molecule has 0 bridgehead atoms. The minimum absolute atomic E-state index is 0.160. The fourth-order valence-electron chi connectivity index (χ4n) is 1.65. The Labute approximate surface area is 115 Å². The molecule has 1 heterocycles. The molecule has 0 spiro atoms. The molecule has 18 heavy (non-hydrogen) atoms. The van der Waals surface area contributed by atoms with Crippen LogP contribution in [0.1, 0.15) is 5.76 Å². The molecule has 0 unspecified atom stereocenters. The largest absolute Gasteiger partial charge is 0.455 e. The van der Waals surface area contributed by atoms with E-state index in [2.05, 4.69) is 0 Å². The summed E-state index contributed by atoms with van der Waals surface area (Å²) in [4.78, 5) is 0. The summed E-state index contributed by atoms with van der Waals surface area (Å²) in [7, 11) is 0. The fourth-order valence-corrected chi connectivity index (χ4v) is 2.04. The van der Waals surface area contributed by atoms with Crippen LogP contribution >= 0.6 is 23.2 Å². The topological polar surface area (TPSA) is 50.0 Å². The van der Waals surface area contributed by atoms with Crippen LogP contribution in [-0.2, 0) is 6.54 Å². The molecular formula is C13H14Cl2NO2+. The predicted octanol–water partition coefficient (Wildman–Crippen LogP) is 2.31. The highest BCUT2D eigenvalue weighted by Gasteiger charge is 2.10. The van der Waals surface area contributed by atoms with E-state index in [9.17, 15) is 0 Å². The van der Waals surface area contributed by atoms with Gasteiger partial charge in [0.1, 0.15) is 12.3 Å². The summed E-state index contributed by atoms with van der Waals surface area (Å²) in [5, 5.41) is 11.9. The lowest BCUT2D eigenvalue weighted by Gasteiger charge is -2.01. The van der Waals surface area contributed by atoms with Crippen molar-refractivity contribution in [3.05, 3.63) is 46.1 Å². The third kappa shape index (κ3) is 3.27. The van der Waals surface area contributed by atoms with E-state index < -0.39 is 0 Å². The van der Waals surface area contributed by atoms with Crippen molar-refractivity contribution >= 4 is 23.2 Å². The molecule has 1 aromatic heterocycles. The summed E-state index contributed by atoms with van der Waals surface area (Å²) in [5.74, 6) is 1.55. The molecule has 0 saturated heterocycles. The third-order valence-corrected chi connectivity index (χ3v) is 3.10. The second kappa shape index (κ2) is 6.25. The summed E-state index contributed by atoms with van der Waals surface area (Å²) < 4.78 is 5.70. The van der Waals surface area contributed by atoms with Gasteiger partial charge in [-0.1, -0.05) is 23.2 Å². The van der Waals surface area contributed by atoms with Gasteiger partial charge in [0.25, 0.3) is 0 Å². The molecule has 1 aromatic carbocycles. The molecule has 2 aromatic rings. The highest BCUT2D eigenvalue weighted by atomic mass is 35.5. The first-order valence-electron chi connectivity index (χ1n) is 5.67. The van der Waals surface area contributed by atoms with Crippen LogP contribution in [0.5, 0.6) is 0 Å². The van der Waals surface area contributed by atoms with E-state index in [1.54, 1.807) is 18.2 Å². The Balaban J connectivity index is 2.16. The number of hydrogen-bond acceptors (Lipinski definition) is 2. The highest BCUT2D eigenvalue weighted by Crippen LogP contribution is 2.31. The zero-order chi connectivity index (χ0) is 13.0. The first kappa shape index (κ1) is 13.4. The van der Waals surface area contributed by atoms with Gasteiger partial charge < -0.3 is 14.8 Å². The van der Waals surface area contributed by atoms with Crippen molar-refractivity contribution in [2.75, 3.05) is 13.2 Å². The lowest BCUT2D eigenvalue weighted by Crippen LogP contribution is -2.83. The Bertz CT molecular complexity index is 525. The number of furan rings is 1. The summed E-state index contributed by atoms with van der Waals surface area (Å²) in [6.45, 7) is 1.51. The van der Waals surface area contributed by atoms with Crippen molar-refractivity contribution in [1.29, 1.82) is 0 Å². The molecular weight excluding hydrogens is 273 g/mol. The lowest BCUT2D eigenvalue weighted by atomic mass is 10.2. The van der Waals surface area contributed by atoms with Crippen molar-refractivity contribution in [1.82, 2.24) is 0 Å². The van der Waals surface area contributed by atoms with Crippen LogP contribution in [0.15, 0.2) is 34.7 Å². The van der Waals surface area contributed by atoms with E-state index >= 15 is 0 Å². The average Bonchev–Trinajstić information content (AvgIpc) is 2.81. The molecule has 2 rings (SSSR count). The van der Waals surface area contributed by atoms with E-state index in [0.29, 0.717) is 28.9 Å². The zero-order valence-corrected chi connectivity index (χ0v) is 11.2. The second-order valence-corrected chi connectivity index (χ2v) is 4.74. The second-order valence-electron chi connectivity index (χ2n) is 3.90. The Morgan fingerprint density at radius 3 is 2.78 bits per heavy atom. The van der Waals surface area contributed by atoms with E-state index in [0.717, 1.165) is 11.3 Å². The molecule has 3 nitrogen and oxygen atoms in total. The number of hydrogen-bond donors (Lipinski definition) is 2. The Morgan fingerprint density at radius 1 is 1.17 bits per heavy atom. The number of rotatable bonds is 5. The lowest BCUT2D eigenvalue weighted by molar-refractivity contribution is -0.673. The van der Waals surface area contributed by atoms with Gasteiger partial charge in [-0.2, -0.15) is 0 Å². The number of aliphatic hydroxyl groups is 1. The molecule has 0 radical (unpaired) electrons. The van der Waals surface area contributed by atoms with Gasteiger partial charge in [-0.3, -0.25) is 0 Å². The van der Waals surface area contributed by atoms with Gasteiger partial charge in [0.15, 0.2) is 5.76 Å². The van der Waals surface area contributed by atoms with Gasteiger partial charge in [0, 0.05) is 10.6 Å². The molecule has 3 N–H and O–H groups in total. The van der Waals surface area contributed by atoms with Gasteiger partial charge in [-0.05, 0) is 30.3 Å². The van der Waals surface area contributed by atoms with E-state index in [-0.39, 0.29) is 6.61 Å². The summed E-state index contributed by atoms with van der Waals surface area (Å²) in [6, 6.07) is 9.05. The van der Waals surface area contributed by atoms with Crippen molar-refractivity contribution in [2.45, 2.75) is 6.54 Å². The van der Waals surface area contributed by atoms with Gasteiger partial charge >= 0.3 is 0 Å². The van der Waals surface area contributed by atoms with Crippen LogP contribution in [-0.4, -0.2) is 18.3 Å². The molecule has 0 saturated carbocycles. The standard InChI is InChI=1S/C13H13Cl2NO2/c14-9-1-3-12(15)11(7-9)13-4-2-10(18-13)8-16-5-6-17/h1-4,7,16-17H,5-6,8H2/p+1. The van der Waals surface area contributed by atoms with Crippen LogP contribution in [0.3, 0.4) is 0 Å². The van der Waals surface area contributed by atoms with Crippen LogP contribution in [0, 0.1) is 0 Å². The number of benzene rings is 1. The molecule has 0 atom stereocenters. The molecule has 0 amide bonds. The number of quaternary nitrogens is 1. The van der Waals surface area contributed by atoms with Gasteiger partial charge in [-0.15, -0.1) is 0 Å². The molecule has 5 heteroatoms. The molecule has 0 fully saturated rings. The smallest absolute Gasteiger partial charge is 0.158 e.